The fourth-order valence-corrected chi connectivity index (χ4v) is 3.61. The van der Waals surface area contributed by atoms with Gasteiger partial charge in [0.2, 0.25) is 0 Å². The van der Waals surface area contributed by atoms with Gasteiger partial charge in [-0.15, -0.1) is 0 Å². The van der Waals surface area contributed by atoms with Crippen molar-refractivity contribution in [2.24, 2.45) is 0 Å². The van der Waals surface area contributed by atoms with E-state index >= 15 is 0 Å². The van der Waals surface area contributed by atoms with Crippen molar-refractivity contribution in [1.82, 2.24) is 15.1 Å². The Labute approximate surface area is 168 Å². The lowest BCUT2D eigenvalue weighted by atomic mass is 10.0. The number of methoxy groups -OCH3 is 1. The molecule has 0 bridgehead atoms. The molecule has 0 radical (unpaired) electrons. The summed E-state index contributed by atoms with van der Waals surface area (Å²) in [5.74, 6) is 0.562. The monoisotopic (exact) mass is 395 g/mol. The molecule has 0 fully saturated rings. The molecule has 4 rings (SSSR count). The van der Waals surface area contributed by atoms with E-state index in [1.807, 2.05) is 31.2 Å². The lowest BCUT2D eigenvalue weighted by Crippen LogP contribution is -2.28. The van der Waals surface area contributed by atoms with E-state index in [4.69, 9.17) is 9.47 Å². The van der Waals surface area contributed by atoms with E-state index < -0.39 is 0 Å². The number of hydrogen-bond donors (Lipinski definition) is 1. The molecule has 7 heteroatoms. The minimum Gasteiger partial charge on any atom is -0.494 e. The first kappa shape index (κ1) is 19.0. The molecule has 0 saturated heterocycles. The van der Waals surface area contributed by atoms with Crippen molar-refractivity contribution in [3.63, 3.8) is 0 Å². The maximum Gasteiger partial charge on any atom is 0.255 e. The lowest BCUT2D eigenvalue weighted by Gasteiger charge is -2.18. The third-order valence-corrected chi connectivity index (χ3v) is 5.12. The molecule has 0 saturated carbocycles. The standard InChI is InChI=1S/C22H22FN3O3/c1-14-17(13-24-26(14)19-7-3-4-8-20(19)28-2)22(27)25-18-6-5-11-29-21-12-15(23)9-10-16(18)21/h3-4,7-10,12-13,18H,5-6,11H2,1-2H3,(H,25,27). The van der Waals surface area contributed by atoms with E-state index in [-0.39, 0.29) is 17.8 Å². The number of carbonyl (C=O) groups excluding carboxylic acids is 1. The van der Waals surface area contributed by atoms with Crippen molar-refractivity contribution in [1.29, 1.82) is 0 Å². The predicted molar refractivity (Wildman–Crippen MR) is 106 cm³/mol. The number of fused-ring (bicyclic) bond motifs is 1. The molecule has 0 spiro atoms. The highest BCUT2D eigenvalue weighted by Gasteiger charge is 2.24. The minimum absolute atomic E-state index is 0.231. The Morgan fingerprint density at radius 3 is 2.97 bits per heavy atom. The number of halogens is 1. The summed E-state index contributed by atoms with van der Waals surface area (Å²) in [5, 5.41) is 7.44. The van der Waals surface area contributed by atoms with Crippen LogP contribution in [0.1, 0.15) is 40.5 Å². The van der Waals surface area contributed by atoms with Crippen LogP contribution in [0.25, 0.3) is 5.69 Å². The van der Waals surface area contributed by atoms with Crippen LogP contribution in [-0.2, 0) is 0 Å². The Bertz CT molecular complexity index is 1050. The van der Waals surface area contributed by atoms with Crippen LogP contribution >= 0.6 is 0 Å². The summed E-state index contributed by atoms with van der Waals surface area (Å²) in [4.78, 5) is 13.0. The first-order valence-corrected chi connectivity index (χ1v) is 9.49. The van der Waals surface area contributed by atoms with Crippen LogP contribution in [0.3, 0.4) is 0 Å². The summed E-state index contributed by atoms with van der Waals surface area (Å²) in [7, 11) is 1.60. The molecule has 150 valence electrons. The molecular formula is C22H22FN3O3. The summed E-state index contributed by atoms with van der Waals surface area (Å²) in [5.41, 5.74) is 2.73. The average Bonchev–Trinajstić information content (AvgIpc) is 3.00. The smallest absolute Gasteiger partial charge is 0.255 e. The topological polar surface area (TPSA) is 65.4 Å². The van der Waals surface area contributed by atoms with Gasteiger partial charge in [-0.05, 0) is 38.0 Å². The van der Waals surface area contributed by atoms with Gasteiger partial charge in [0.15, 0.2) is 0 Å². The molecule has 1 N–H and O–H groups in total. The van der Waals surface area contributed by atoms with Gasteiger partial charge in [0.25, 0.3) is 5.91 Å². The summed E-state index contributed by atoms with van der Waals surface area (Å²) >= 11 is 0. The number of rotatable bonds is 4. The molecule has 1 aliphatic rings. The van der Waals surface area contributed by atoms with Crippen LogP contribution < -0.4 is 14.8 Å². The van der Waals surface area contributed by atoms with E-state index in [0.29, 0.717) is 35.8 Å². The number of benzene rings is 2. The van der Waals surface area contributed by atoms with Gasteiger partial charge >= 0.3 is 0 Å². The van der Waals surface area contributed by atoms with Gasteiger partial charge in [-0.25, -0.2) is 9.07 Å². The second-order valence-electron chi connectivity index (χ2n) is 6.93. The van der Waals surface area contributed by atoms with Crippen LogP contribution in [0.2, 0.25) is 0 Å². The maximum absolute atomic E-state index is 13.6. The van der Waals surface area contributed by atoms with Crippen LogP contribution in [0, 0.1) is 12.7 Å². The second-order valence-corrected chi connectivity index (χ2v) is 6.93. The van der Waals surface area contributed by atoms with Crippen molar-refractivity contribution in [3.05, 3.63) is 71.3 Å². The number of amides is 1. The number of para-hydroxylation sites is 2. The zero-order valence-electron chi connectivity index (χ0n) is 16.3. The molecule has 1 aliphatic heterocycles. The summed E-state index contributed by atoms with van der Waals surface area (Å²) in [6.07, 6.45) is 3.03. The lowest BCUT2D eigenvalue weighted by molar-refractivity contribution is 0.0934. The van der Waals surface area contributed by atoms with E-state index in [1.165, 1.54) is 12.1 Å². The number of hydrogen-bond acceptors (Lipinski definition) is 4. The number of nitrogens with zero attached hydrogens (tertiary/aromatic N) is 2. The molecule has 6 nitrogen and oxygen atoms in total. The largest absolute Gasteiger partial charge is 0.494 e. The summed E-state index contributed by atoms with van der Waals surface area (Å²) < 4.78 is 26.3. The van der Waals surface area contributed by atoms with Crippen LogP contribution in [0.5, 0.6) is 11.5 Å². The second kappa shape index (κ2) is 7.95. The SMILES string of the molecule is COc1ccccc1-n1ncc(C(=O)NC2CCCOc3cc(F)ccc32)c1C. The van der Waals surface area contributed by atoms with Crippen molar-refractivity contribution >= 4 is 5.91 Å². The fraction of sp³-hybridized carbons (Fsp3) is 0.273. The zero-order chi connectivity index (χ0) is 20.4. The molecule has 1 amide bonds. The Morgan fingerprint density at radius 2 is 2.14 bits per heavy atom. The first-order valence-electron chi connectivity index (χ1n) is 9.49. The van der Waals surface area contributed by atoms with E-state index in [9.17, 15) is 9.18 Å². The molecule has 2 aromatic carbocycles. The maximum atomic E-state index is 13.6. The van der Waals surface area contributed by atoms with Gasteiger partial charge < -0.3 is 14.8 Å². The fourth-order valence-electron chi connectivity index (χ4n) is 3.61. The molecule has 1 atom stereocenters. The number of ether oxygens (including phenoxy) is 2. The predicted octanol–water partition coefficient (Wildman–Crippen LogP) is 3.97. The van der Waals surface area contributed by atoms with Gasteiger partial charge in [-0.2, -0.15) is 5.10 Å². The van der Waals surface area contributed by atoms with E-state index in [1.54, 1.807) is 24.1 Å². The number of carbonyl (C=O) groups is 1. The van der Waals surface area contributed by atoms with Gasteiger partial charge in [0.05, 0.1) is 37.2 Å². The Morgan fingerprint density at radius 1 is 1.31 bits per heavy atom. The molecule has 0 aliphatic carbocycles. The third kappa shape index (κ3) is 3.68. The molecule has 1 aromatic heterocycles. The summed E-state index contributed by atoms with van der Waals surface area (Å²) in [6.45, 7) is 2.33. The van der Waals surface area contributed by atoms with Crippen LogP contribution in [-0.4, -0.2) is 29.4 Å². The molecular weight excluding hydrogens is 373 g/mol. The molecule has 1 unspecified atom stereocenters. The minimum atomic E-state index is -0.357. The van der Waals surface area contributed by atoms with Crippen LogP contribution in [0.15, 0.2) is 48.7 Å². The van der Waals surface area contributed by atoms with E-state index in [2.05, 4.69) is 10.4 Å². The first-order chi connectivity index (χ1) is 14.1. The van der Waals surface area contributed by atoms with Crippen molar-refractivity contribution < 1.29 is 18.7 Å². The van der Waals surface area contributed by atoms with Crippen molar-refractivity contribution in [2.75, 3.05) is 13.7 Å². The van der Waals surface area contributed by atoms with Crippen LogP contribution in [0.4, 0.5) is 4.39 Å². The number of aromatic nitrogens is 2. The Kier molecular flexibility index (Phi) is 5.20. The highest BCUT2D eigenvalue weighted by atomic mass is 19.1. The highest BCUT2D eigenvalue weighted by Crippen LogP contribution is 2.32. The highest BCUT2D eigenvalue weighted by molar-refractivity contribution is 5.95. The van der Waals surface area contributed by atoms with Gasteiger partial charge in [-0.3, -0.25) is 4.79 Å². The van der Waals surface area contributed by atoms with Gasteiger partial charge in [-0.1, -0.05) is 18.2 Å². The summed E-state index contributed by atoms with van der Waals surface area (Å²) in [6, 6.07) is 11.7. The quantitative estimate of drug-likeness (QED) is 0.726. The number of nitrogens with one attached hydrogen (secondary N) is 1. The molecule has 29 heavy (non-hydrogen) atoms. The Hall–Kier alpha value is -3.35. The van der Waals surface area contributed by atoms with Gasteiger partial charge in [0, 0.05) is 11.6 Å². The molecule has 2 heterocycles. The zero-order valence-corrected chi connectivity index (χ0v) is 16.3. The third-order valence-electron chi connectivity index (χ3n) is 5.12. The van der Waals surface area contributed by atoms with Crippen molar-refractivity contribution in [3.8, 4) is 17.2 Å². The Balaban J connectivity index is 1.61. The average molecular weight is 395 g/mol. The van der Waals surface area contributed by atoms with Crippen molar-refractivity contribution in [2.45, 2.75) is 25.8 Å². The van der Waals surface area contributed by atoms with E-state index in [0.717, 1.165) is 17.7 Å². The normalized spacial score (nSPS) is 15.8. The molecule has 3 aromatic rings. The van der Waals surface area contributed by atoms with Gasteiger partial charge in [0.1, 0.15) is 23.0 Å².